The molecule has 4 heteroatoms. The molecular weight excluding hydrogens is 258 g/mol. The van der Waals surface area contributed by atoms with E-state index in [0.717, 1.165) is 23.6 Å². The van der Waals surface area contributed by atoms with E-state index in [-0.39, 0.29) is 6.04 Å². The SMILES string of the molecule is COc1ccc(OC)c(C(C)NCc2ccsc2)c1. The second-order valence-electron chi connectivity index (χ2n) is 4.34. The quantitative estimate of drug-likeness (QED) is 0.875. The lowest BCUT2D eigenvalue weighted by Gasteiger charge is -2.18. The number of thiophene rings is 1. The first-order chi connectivity index (χ1) is 9.24. The Morgan fingerprint density at radius 2 is 2.05 bits per heavy atom. The molecule has 2 aromatic rings. The van der Waals surface area contributed by atoms with Crippen LogP contribution in [0.4, 0.5) is 0 Å². The van der Waals surface area contributed by atoms with Crippen molar-refractivity contribution in [1.82, 2.24) is 5.32 Å². The van der Waals surface area contributed by atoms with Crippen molar-refractivity contribution in [3.05, 3.63) is 46.2 Å². The maximum atomic E-state index is 5.41. The van der Waals surface area contributed by atoms with Crippen molar-refractivity contribution < 1.29 is 9.47 Å². The van der Waals surface area contributed by atoms with Crippen molar-refractivity contribution in [2.45, 2.75) is 19.5 Å². The molecule has 0 bridgehead atoms. The smallest absolute Gasteiger partial charge is 0.123 e. The Balaban J connectivity index is 2.10. The van der Waals surface area contributed by atoms with Gasteiger partial charge < -0.3 is 14.8 Å². The zero-order valence-corrected chi connectivity index (χ0v) is 12.3. The Labute approximate surface area is 118 Å². The van der Waals surface area contributed by atoms with Gasteiger partial charge in [0.1, 0.15) is 11.5 Å². The number of ether oxygens (including phenoxy) is 2. The summed E-state index contributed by atoms with van der Waals surface area (Å²) in [6.07, 6.45) is 0. The van der Waals surface area contributed by atoms with E-state index >= 15 is 0 Å². The van der Waals surface area contributed by atoms with Gasteiger partial charge in [0.25, 0.3) is 0 Å². The minimum atomic E-state index is 0.199. The monoisotopic (exact) mass is 277 g/mol. The Bertz CT molecular complexity index is 511. The van der Waals surface area contributed by atoms with Crippen molar-refractivity contribution in [3.63, 3.8) is 0 Å². The summed E-state index contributed by atoms with van der Waals surface area (Å²) in [6, 6.07) is 8.20. The first kappa shape index (κ1) is 13.9. The van der Waals surface area contributed by atoms with Gasteiger partial charge >= 0.3 is 0 Å². The fraction of sp³-hybridized carbons (Fsp3) is 0.333. The standard InChI is InChI=1S/C15H19NO2S/c1-11(16-9-12-6-7-19-10-12)14-8-13(17-2)4-5-15(14)18-3/h4-8,10-11,16H,9H2,1-3H3. The summed E-state index contributed by atoms with van der Waals surface area (Å²) in [7, 11) is 3.37. The van der Waals surface area contributed by atoms with Crippen LogP contribution in [0.1, 0.15) is 24.1 Å². The van der Waals surface area contributed by atoms with Crippen LogP contribution in [0.3, 0.4) is 0 Å². The summed E-state index contributed by atoms with van der Waals surface area (Å²) in [5.41, 5.74) is 2.41. The second-order valence-corrected chi connectivity index (χ2v) is 5.12. The maximum absolute atomic E-state index is 5.41. The highest BCUT2D eigenvalue weighted by molar-refractivity contribution is 7.07. The van der Waals surface area contributed by atoms with Gasteiger partial charge in [-0.3, -0.25) is 0 Å². The minimum absolute atomic E-state index is 0.199. The molecule has 1 aromatic carbocycles. The van der Waals surface area contributed by atoms with E-state index in [2.05, 4.69) is 29.1 Å². The second kappa shape index (κ2) is 6.59. The molecule has 1 heterocycles. The predicted molar refractivity (Wildman–Crippen MR) is 79.1 cm³/mol. The first-order valence-corrected chi connectivity index (χ1v) is 7.15. The zero-order chi connectivity index (χ0) is 13.7. The molecule has 102 valence electrons. The molecule has 0 aliphatic carbocycles. The van der Waals surface area contributed by atoms with Gasteiger partial charge in [0.15, 0.2) is 0 Å². The van der Waals surface area contributed by atoms with Crippen LogP contribution in [-0.4, -0.2) is 14.2 Å². The summed E-state index contributed by atoms with van der Waals surface area (Å²) in [5.74, 6) is 1.73. The lowest BCUT2D eigenvalue weighted by atomic mass is 10.1. The maximum Gasteiger partial charge on any atom is 0.123 e. The third-order valence-corrected chi connectivity index (χ3v) is 3.83. The van der Waals surface area contributed by atoms with Crippen LogP contribution in [0, 0.1) is 0 Å². The van der Waals surface area contributed by atoms with Gasteiger partial charge in [-0.2, -0.15) is 11.3 Å². The summed E-state index contributed by atoms with van der Waals surface area (Å²) in [4.78, 5) is 0. The summed E-state index contributed by atoms with van der Waals surface area (Å²) >= 11 is 1.72. The molecule has 0 saturated heterocycles. The van der Waals surface area contributed by atoms with E-state index in [1.54, 1.807) is 25.6 Å². The van der Waals surface area contributed by atoms with E-state index < -0.39 is 0 Å². The molecular formula is C15H19NO2S. The average Bonchev–Trinajstić information content (AvgIpc) is 2.97. The number of benzene rings is 1. The Morgan fingerprint density at radius 3 is 2.68 bits per heavy atom. The van der Waals surface area contributed by atoms with Crippen molar-refractivity contribution in [1.29, 1.82) is 0 Å². The van der Waals surface area contributed by atoms with E-state index in [0.29, 0.717) is 0 Å². The average molecular weight is 277 g/mol. The fourth-order valence-electron chi connectivity index (χ4n) is 1.95. The van der Waals surface area contributed by atoms with Crippen LogP contribution >= 0.6 is 11.3 Å². The van der Waals surface area contributed by atoms with Crippen LogP contribution in [0.25, 0.3) is 0 Å². The molecule has 0 radical (unpaired) electrons. The molecule has 0 amide bonds. The molecule has 1 aromatic heterocycles. The molecule has 0 saturated carbocycles. The largest absolute Gasteiger partial charge is 0.497 e. The van der Waals surface area contributed by atoms with E-state index in [4.69, 9.17) is 9.47 Å². The molecule has 19 heavy (non-hydrogen) atoms. The van der Waals surface area contributed by atoms with Crippen molar-refractivity contribution in [2.24, 2.45) is 0 Å². The molecule has 0 aliphatic rings. The molecule has 0 aliphatic heterocycles. The Kier molecular flexibility index (Phi) is 4.82. The Morgan fingerprint density at radius 1 is 1.21 bits per heavy atom. The zero-order valence-electron chi connectivity index (χ0n) is 11.5. The normalized spacial score (nSPS) is 12.2. The summed E-state index contributed by atoms with van der Waals surface area (Å²) < 4.78 is 10.7. The third kappa shape index (κ3) is 3.49. The van der Waals surface area contributed by atoms with E-state index in [1.165, 1.54) is 5.56 Å². The molecule has 3 nitrogen and oxygen atoms in total. The number of hydrogen-bond donors (Lipinski definition) is 1. The van der Waals surface area contributed by atoms with Gasteiger partial charge in [-0.05, 0) is 47.5 Å². The molecule has 0 spiro atoms. The summed E-state index contributed by atoms with van der Waals surface area (Å²) in [5, 5.41) is 7.74. The fourth-order valence-corrected chi connectivity index (χ4v) is 2.62. The third-order valence-electron chi connectivity index (χ3n) is 3.10. The highest BCUT2D eigenvalue weighted by Gasteiger charge is 2.12. The summed E-state index contributed by atoms with van der Waals surface area (Å²) in [6.45, 7) is 2.98. The van der Waals surface area contributed by atoms with E-state index in [1.807, 2.05) is 18.2 Å². The molecule has 1 N–H and O–H groups in total. The van der Waals surface area contributed by atoms with Crippen LogP contribution < -0.4 is 14.8 Å². The highest BCUT2D eigenvalue weighted by Crippen LogP contribution is 2.29. The number of nitrogens with one attached hydrogen (secondary N) is 1. The van der Waals surface area contributed by atoms with Gasteiger partial charge in [0, 0.05) is 18.2 Å². The van der Waals surface area contributed by atoms with Gasteiger partial charge in [0.05, 0.1) is 14.2 Å². The lowest BCUT2D eigenvalue weighted by molar-refractivity contribution is 0.391. The number of hydrogen-bond acceptors (Lipinski definition) is 4. The van der Waals surface area contributed by atoms with Crippen LogP contribution in [0.15, 0.2) is 35.0 Å². The van der Waals surface area contributed by atoms with Crippen molar-refractivity contribution >= 4 is 11.3 Å². The van der Waals surface area contributed by atoms with Crippen molar-refractivity contribution in [3.8, 4) is 11.5 Å². The number of rotatable bonds is 6. The molecule has 2 rings (SSSR count). The molecule has 0 fully saturated rings. The Hall–Kier alpha value is -1.52. The van der Waals surface area contributed by atoms with E-state index in [9.17, 15) is 0 Å². The van der Waals surface area contributed by atoms with Crippen LogP contribution in [-0.2, 0) is 6.54 Å². The number of methoxy groups -OCH3 is 2. The topological polar surface area (TPSA) is 30.5 Å². The lowest BCUT2D eigenvalue weighted by Crippen LogP contribution is -2.18. The molecule has 1 atom stereocenters. The van der Waals surface area contributed by atoms with Gasteiger partial charge in [-0.15, -0.1) is 0 Å². The van der Waals surface area contributed by atoms with Gasteiger partial charge in [-0.1, -0.05) is 0 Å². The predicted octanol–water partition coefficient (Wildman–Crippen LogP) is 3.62. The highest BCUT2D eigenvalue weighted by atomic mass is 32.1. The first-order valence-electron chi connectivity index (χ1n) is 6.21. The van der Waals surface area contributed by atoms with Crippen LogP contribution in [0.5, 0.6) is 11.5 Å². The van der Waals surface area contributed by atoms with Crippen molar-refractivity contribution in [2.75, 3.05) is 14.2 Å². The van der Waals surface area contributed by atoms with Gasteiger partial charge in [0.2, 0.25) is 0 Å². The molecule has 1 unspecified atom stereocenters. The minimum Gasteiger partial charge on any atom is -0.497 e. The van der Waals surface area contributed by atoms with Crippen LogP contribution in [0.2, 0.25) is 0 Å². The van der Waals surface area contributed by atoms with Gasteiger partial charge in [-0.25, -0.2) is 0 Å².